The van der Waals surface area contributed by atoms with E-state index in [1.807, 2.05) is 6.07 Å². The SMILES string of the molecule is COc1cccc(NC(=O)c2cncc(-c3cccnc3)n2)c1. The molecule has 0 atom stereocenters. The molecule has 0 unspecified atom stereocenters. The largest absolute Gasteiger partial charge is 0.497 e. The van der Waals surface area contributed by atoms with Crippen LogP contribution in [0.5, 0.6) is 5.75 Å². The second kappa shape index (κ2) is 6.65. The number of amides is 1. The lowest BCUT2D eigenvalue weighted by atomic mass is 10.2. The molecule has 1 N–H and O–H groups in total. The Balaban J connectivity index is 1.82. The first-order chi connectivity index (χ1) is 11.3. The first kappa shape index (κ1) is 14.6. The highest BCUT2D eigenvalue weighted by atomic mass is 16.5. The molecular weight excluding hydrogens is 292 g/mol. The first-order valence-corrected chi connectivity index (χ1v) is 6.94. The zero-order chi connectivity index (χ0) is 16.1. The molecule has 0 saturated heterocycles. The summed E-state index contributed by atoms with van der Waals surface area (Å²) in [5.41, 5.74) is 2.25. The quantitative estimate of drug-likeness (QED) is 0.802. The molecule has 1 aromatic carbocycles. The molecule has 0 bridgehead atoms. The summed E-state index contributed by atoms with van der Waals surface area (Å²) in [4.78, 5) is 24.8. The van der Waals surface area contributed by atoms with E-state index in [1.54, 1.807) is 56.0 Å². The van der Waals surface area contributed by atoms with E-state index in [-0.39, 0.29) is 11.6 Å². The molecule has 0 spiro atoms. The van der Waals surface area contributed by atoms with Crippen molar-refractivity contribution in [2.24, 2.45) is 0 Å². The number of pyridine rings is 1. The maximum atomic E-state index is 12.3. The third-order valence-electron chi connectivity index (χ3n) is 3.15. The third kappa shape index (κ3) is 3.49. The molecule has 0 radical (unpaired) electrons. The number of anilines is 1. The Morgan fingerprint density at radius 1 is 1.09 bits per heavy atom. The molecule has 1 amide bonds. The molecule has 0 aliphatic carbocycles. The fourth-order valence-electron chi connectivity index (χ4n) is 2.02. The van der Waals surface area contributed by atoms with Crippen LogP contribution in [0.3, 0.4) is 0 Å². The van der Waals surface area contributed by atoms with Crippen molar-refractivity contribution in [2.75, 3.05) is 12.4 Å². The Bertz CT molecular complexity index is 822. The van der Waals surface area contributed by atoms with E-state index >= 15 is 0 Å². The number of carbonyl (C=O) groups is 1. The molecule has 23 heavy (non-hydrogen) atoms. The molecule has 3 aromatic rings. The summed E-state index contributed by atoms with van der Waals surface area (Å²) in [6.45, 7) is 0. The predicted octanol–water partition coefficient (Wildman–Crippen LogP) is 2.80. The van der Waals surface area contributed by atoms with Crippen LogP contribution in [0.25, 0.3) is 11.3 Å². The van der Waals surface area contributed by atoms with Gasteiger partial charge in [-0.05, 0) is 24.3 Å². The average Bonchev–Trinajstić information content (AvgIpc) is 2.63. The zero-order valence-corrected chi connectivity index (χ0v) is 12.4. The van der Waals surface area contributed by atoms with Gasteiger partial charge in [0.25, 0.3) is 5.91 Å². The summed E-state index contributed by atoms with van der Waals surface area (Å²) in [5.74, 6) is 0.328. The van der Waals surface area contributed by atoms with Gasteiger partial charge in [0.1, 0.15) is 11.4 Å². The van der Waals surface area contributed by atoms with E-state index < -0.39 is 0 Å². The van der Waals surface area contributed by atoms with Gasteiger partial charge in [0.05, 0.1) is 25.2 Å². The summed E-state index contributed by atoms with van der Waals surface area (Å²) >= 11 is 0. The van der Waals surface area contributed by atoms with E-state index in [0.29, 0.717) is 17.1 Å². The van der Waals surface area contributed by atoms with Gasteiger partial charge in [-0.2, -0.15) is 0 Å². The average molecular weight is 306 g/mol. The Morgan fingerprint density at radius 3 is 2.78 bits per heavy atom. The molecule has 3 rings (SSSR count). The standard InChI is InChI=1S/C17H14N4O2/c1-23-14-6-2-5-13(8-14)20-17(22)16-11-19-10-15(21-16)12-4-3-7-18-9-12/h2-11H,1H3,(H,20,22). The maximum absolute atomic E-state index is 12.3. The van der Waals surface area contributed by atoms with Crippen molar-refractivity contribution in [3.63, 3.8) is 0 Å². The lowest BCUT2D eigenvalue weighted by Crippen LogP contribution is -2.14. The van der Waals surface area contributed by atoms with Gasteiger partial charge in [-0.25, -0.2) is 4.98 Å². The predicted molar refractivity (Wildman–Crippen MR) is 86.2 cm³/mol. The van der Waals surface area contributed by atoms with Crippen molar-refractivity contribution < 1.29 is 9.53 Å². The minimum atomic E-state index is -0.337. The highest BCUT2D eigenvalue weighted by Gasteiger charge is 2.10. The van der Waals surface area contributed by atoms with E-state index in [0.717, 1.165) is 5.56 Å². The number of aromatic nitrogens is 3. The van der Waals surface area contributed by atoms with E-state index in [9.17, 15) is 4.79 Å². The molecule has 2 aromatic heterocycles. The monoisotopic (exact) mass is 306 g/mol. The Morgan fingerprint density at radius 2 is 2.00 bits per heavy atom. The lowest BCUT2D eigenvalue weighted by molar-refractivity contribution is 0.102. The van der Waals surface area contributed by atoms with Crippen molar-refractivity contribution in [1.29, 1.82) is 0 Å². The van der Waals surface area contributed by atoms with Crippen molar-refractivity contribution >= 4 is 11.6 Å². The van der Waals surface area contributed by atoms with Crippen LogP contribution < -0.4 is 10.1 Å². The second-order valence-electron chi connectivity index (χ2n) is 4.72. The second-order valence-corrected chi connectivity index (χ2v) is 4.72. The van der Waals surface area contributed by atoms with Gasteiger partial charge in [-0.1, -0.05) is 6.07 Å². The van der Waals surface area contributed by atoms with E-state index in [4.69, 9.17) is 4.74 Å². The van der Waals surface area contributed by atoms with Crippen LogP contribution in [-0.2, 0) is 0 Å². The molecule has 0 aliphatic heterocycles. The minimum Gasteiger partial charge on any atom is -0.497 e. The first-order valence-electron chi connectivity index (χ1n) is 6.94. The van der Waals surface area contributed by atoms with Crippen LogP contribution in [0.4, 0.5) is 5.69 Å². The van der Waals surface area contributed by atoms with Crippen molar-refractivity contribution in [3.8, 4) is 17.0 Å². The fraction of sp³-hybridized carbons (Fsp3) is 0.0588. The number of carbonyl (C=O) groups excluding carboxylic acids is 1. The number of hydrogen-bond acceptors (Lipinski definition) is 5. The molecule has 0 fully saturated rings. The highest BCUT2D eigenvalue weighted by Crippen LogP contribution is 2.18. The highest BCUT2D eigenvalue weighted by molar-refractivity contribution is 6.03. The number of benzene rings is 1. The number of nitrogens with one attached hydrogen (secondary N) is 1. The third-order valence-corrected chi connectivity index (χ3v) is 3.15. The Kier molecular flexibility index (Phi) is 4.24. The van der Waals surface area contributed by atoms with Gasteiger partial charge in [-0.3, -0.25) is 14.8 Å². The van der Waals surface area contributed by atoms with Crippen LogP contribution in [0.1, 0.15) is 10.5 Å². The maximum Gasteiger partial charge on any atom is 0.275 e. The molecule has 2 heterocycles. The van der Waals surface area contributed by atoms with Gasteiger partial charge in [0.2, 0.25) is 0 Å². The normalized spacial score (nSPS) is 10.1. The molecule has 0 aliphatic rings. The van der Waals surface area contributed by atoms with E-state index in [1.165, 1.54) is 6.20 Å². The summed E-state index contributed by atoms with van der Waals surface area (Å²) < 4.78 is 5.13. The summed E-state index contributed by atoms with van der Waals surface area (Å²) in [5, 5.41) is 2.77. The van der Waals surface area contributed by atoms with Crippen LogP contribution in [0.2, 0.25) is 0 Å². The van der Waals surface area contributed by atoms with Gasteiger partial charge in [0.15, 0.2) is 0 Å². The van der Waals surface area contributed by atoms with Gasteiger partial charge < -0.3 is 10.1 Å². The number of methoxy groups -OCH3 is 1. The van der Waals surface area contributed by atoms with Crippen LogP contribution in [0, 0.1) is 0 Å². The van der Waals surface area contributed by atoms with Crippen molar-refractivity contribution in [2.45, 2.75) is 0 Å². The summed E-state index contributed by atoms with van der Waals surface area (Å²) in [6.07, 6.45) is 6.37. The van der Waals surface area contributed by atoms with Crippen LogP contribution >= 0.6 is 0 Å². The lowest BCUT2D eigenvalue weighted by Gasteiger charge is -2.07. The smallest absolute Gasteiger partial charge is 0.275 e. The molecule has 0 saturated carbocycles. The molecule has 6 nitrogen and oxygen atoms in total. The van der Waals surface area contributed by atoms with Gasteiger partial charge >= 0.3 is 0 Å². The molecule has 114 valence electrons. The van der Waals surface area contributed by atoms with Crippen molar-refractivity contribution in [3.05, 3.63) is 66.9 Å². The number of nitrogens with zero attached hydrogens (tertiary/aromatic N) is 3. The number of hydrogen-bond donors (Lipinski definition) is 1. The Hall–Kier alpha value is -3.28. The Labute approximate surface area is 133 Å². The molecular formula is C17H14N4O2. The fourth-order valence-corrected chi connectivity index (χ4v) is 2.02. The van der Waals surface area contributed by atoms with Gasteiger partial charge in [0, 0.05) is 29.7 Å². The summed E-state index contributed by atoms with van der Waals surface area (Å²) in [7, 11) is 1.57. The van der Waals surface area contributed by atoms with Crippen LogP contribution in [0.15, 0.2) is 61.2 Å². The molecule has 6 heteroatoms. The van der Waals surface area contributed by atoms with Crippen molar-refractivity contribution in [1.82, 2.24) is 15.0 Å². The number of ether oxygens (including phenoxy) is 1. The minimum absolute atomic E-state index is 0.231. The van der Waals surface area contributed by atoms with Gasteiger partial charge in [-0.15, -0.1) is 0 Å². The van der Waals surface area contributed by atoms with E-state index in [2.05, 4.69) is 20.3 Å². The van der Waals surface area contributed by atoms with Crippen LogP contribution in [-0.4, -0.2) is 28.0 Å². The number of rotatable bonds is 4. The summed E-state index contributed by atoms with van der Waals surface area (Å²) in [6, 6.07) is 10.8. The topological polar surface area (TPSA) is 77.0 Å². The zero-order valence-electron chi connectivity index (χ0n) is 12.4.